The van der Waals surface area contributed by atoms with E-state index >= 15 is 0 Å². The minimum Gasteiger partial charge on any atom is -0.464 e. The molecule has 3 aromatic carbocycles. The number of esters is 1. The summed E-state index contributed by atoms with van der Waals surface area (Å²) in [6.45, 7) is 12.1. The van der Waals surface area contributed by atoms with E-state index in [0.29, 0.717) is 11.6 Å². The van der Waals surface area contributed by atoms with E-state index < -0.39 is 11.7 Å². The van der Waals surface area contributed by atoms with Crippen LogP contribution in [0.4, 0.5) is 0 Å². The molecular formula is C26H29ClO3. The first-order valence-electron chi connectivity index (χ1n) is 10.3. The van der Waals surface area contributed by atoms with Crippen LogP contribution in [0.3, 0.4) is 0 Å². The van der Waals surface area contributed by atoms with Gasteiger partial charge in [-0.3, -0.25) is 0 Å². The van der Waals surface area contributed by atoms with E-state index in [0.717, 1.165) is 38.6 Å². The van der Waals surface area contributed by atoms with Crippen molar-refractivity contribution in [1.29, 1.82) is 0 Å². The lowest BCUT2D eigenvalue weighted by atomic mass is 9.84. The lowest BCUT2D eigenvalue weighted by Crippen LogP contribution is -2.29. The third-order valence-corrected chi connectivity index (χ3v) is 5.46. The highest BCUT2D eigenvalue weighted by Gasteiger charge is 2.33. The largest absolute Gasteiger partial charge is 0.464 e. The number of aryl methyl sites for hydroxylation is 1. The van der Waals surface area contributed by atoms with Crippen molar-refractivity contribution in [3.63, 3.8) is 0 Å². The second kappa shape index (κ2) is 8.79. The van der Waals surface area contributed by atoms with Gasteiger partial charge in [-0.25, -0.2) is 4.79 Å². The first-order chi connectivity index (χ1) is 14.1. The van der Waals surface area contributed by atoms with E-state index in [1.54, 1.807) is 0 Å². The molecule has 0 aromatic heterocycles. The van der Waals surface area contributed by atoms with Crippen molar-refractivity contribution in [2.75, 3.05) is 6.61 Å². The van der Waals surface area contributed by atoms with Crippen LogP contribution in [0.25, 0.3) is 21.9 Å². The van der Waals surface area contributed by atoms with Gasteiger partial charge in [-0.05, 0) is 86.7 Å². The fraction of sp³-hybridized carbons (Fsp3) is 0.346. The fourth-order valence-corrected chi connectivity index (χ4v) is 3.94. The number of halogens is 1. The Kier molecular flexibility index (Phi) is 6.54. The molecule has 0 aliphatic carbocycles. The molecule has 3 aromatic rings. The highest BCUT2D eigenvalue weighted by molar-refractivity contribution is 6.30. The monoisotopic (exact) mass is 424 g/mol. The summed E-state index contributed by atoms with van der Waals surface area (Å²) in [4.78, 5) is 13.1. The van der Waals surface area contributed by atoms with Gasteiger partial charge < -0.3 is 9.47 Å². The lowest BCUT2D eigenvalue weighted by Gasteiger charge is -2.30. The summed E-state index contributed by atoms with van der Waals surface area (Å²) in [5, 5.41) is 2.90. The number of carbonyl (C=O) groups excluding carboxylic acids is 1. The summed E-state index contributed by atoms with van der Waals surface area (Å²) in [6.07, 6.45) is -0.834. The Morgan fingerprint density at radius 3 is 2.13 bits per heavy atom. The number of rotatable bonds is 5. The van der Waals surface area contributed by atoms with Gasteiger partial charge in [-0.1, -0.05) is 48.0 Å². The Morgan fingerprint density at radius 2 is 1.57 bits per heavy atom. The molecule has 0 spiro atoms. The molecule has 0 amide bonds. The minimum absolute atomic E-state index is 0.296. The number of benzene rings is 3. The van der Waals surface area contributed by atoms with Crippen molar-refractivity contribution in [3.05, 3.63) is 70.2 Å². The van der Waals surface area contributed by atoms with Crippen LogP contribution in [0.5, 0.6) is 0 Å². The molecule has 4 heteroatoms. The van der Waals surface area contributed by atoms with E-state index in [-0.39, 0.29) is 5.97 Å². The molecular weight excluding hydrogens is 396 g/mol. The normalized spacial score (nSPS) is 12.8. The zero-order valence-electron chi connectivity index (χ0n) is 18.5. The van der Waals surface area contributed by atoms with Crippen LogP contribution in [0.1, 0.15) is 50.5 Å². The fourth-order valence-electron chi connectivity index (χ4n) is 3.82. The van der Waals surface area contributed by atoms with Gasteiger partial charge in [0.2, 0.25) is 0 Å². The molecule has 0 aliphatic rings. The topological polar surface area (TPSA) is 35.5 Å². The van der Waals surface area contributed by atoms with Crippen LogP contribution in [0.2, 0.25) is 5.02 Å². The smallest absolute Gasteiger partial charge is 0.339 e. The second-order valence-electron chi connectivity index (χ2n) is 8.45. The molecule has 0 heterocycles. The SMILES string of the molecule is CCOC(=O)C(OC(C)(C)C)c1c(C)c(C)c2ccccc2c1-c1ccc(Cl)cc1. The summed E-state index contributed by atoms with van der Waals surface area (Å²) < 4.78 is 11.7. The molecule has 158 valence electrons. The van der Waals surface area contributed by atoms with Gasteiger partial charge >= 0.3 is 5.97 Å². The van der Waals surface area contributed by atoms with Crippen molar-refractivity contribution in [3.8, 4) is 11.1 Å². The van der Waals surface area contributed by atoms with Crippen LogP contribution in [-0.4, -0.2) is 18.2 Å². The Labute approximate surface area is 184 Å². The number of hydrogen-bond acceptors (Lipinski definition) is 3. The Hall–Kier alpha value is -2.36. The van der Waals surface area contributed by atoms with E-state index in [4.69, 9.17) is 21.1 Å². The molecule has 0 saturated carbocycles. The Balaban J connectivity index is 2.41. The Bertz CT molecular complexity index is 1060. The molecule has 30 heavy (non-hydrogen) atoms. The summed E-state index contributed by atoms with van der Waals surface area (Å²) >= 11 is 6.16. The molecule has 1 unspecified atom stereocenters. The molecule has 0 aliphatic heterocycles. The van der Waals surface area contributed by atoms with Gasteiger partial charge in [-0.15, -0.1) is 0 Å². The summed E-state index contributed by atoms with van der Waals surface area (Å²) in [5.74, 6) is -0.375. The molecule has 0 radical (unpaired) electrons. The number of hydrogen-bond donors (Lipinski definition) is 0. The third-order valence-electron chi connectivity index (χ3n) is 5.20. The van der Waals surface area contributed by atoms with Crippen molar-refractivity contribution in [1.82, 2.24) is 0 Å². The predicted octanol–water partition coefficient (Wildman–Crippen LogP) is 7.20. The van der Waals surface area contributed by atoms with Crippen molar-refractivity contribution in [2.45, 2.75) is 53.2 Å². The first-order valence-corrected chi connectivity index (χ1v) is 10.6. The number of carbonyl (C=O) groups is 1. The van der Waals surface area contributed by atoms with E-state index in [1.807, 2.05) is 64.1 Å². The molecule has 3 rings (SSSR count). The molecule has 3 nitrogen and oxygen atoms in total. The summed E-state index contributed by atoms with van der Waals surface area (Å²) in [7, 11) is 0. The van der Waals surface area contributed by atoms with Crippen LogP contribution in [0, 0.1) is 13.8 Å². The quantitative estimate of drug-likeness (QED) is 0.406. The number of ether oxygens (including phenoxy) is 2. The maximum atomic E-state index is 13.1. The third kappa shape index (κ3) is 4.53. The number of fused-ring (bicyclic) bond motifs is 1. The van der Waals surface area contributed by atoms with Gasteiger partial charge in [0.05, 0.1) is 12.2 Å². The second-order valence-corrected chi connectivity index (χ2v) is 8.89. The van der Waals surface area contributed by atoms with Gasteiger partial charge in [-0.2, -0.15) is 0 Å². The summed E-state index contributed by atoms with van der Waals surface area (Å²) in [6, 6.07) is 16.0. The average molecular weight is 425 g/mol. The van der Waals surface area contributed by atoms with Gasteiger partial charge in [0.1, 0.15) is 0 Å². The summed E-state index contributed by atoms with van der Waals surface area (Å²) in [5.41, 5.74) is 4.45. The average Bonchev–Trinajstić information content (AvgIpc) is 2.69. The maximum absolute atomic E-state index is 13.1. The molecule has 1 atom stereocenters. The molecule has 0 fully saturated rings. The zero-order chi connectivity index (χ0) is 22.1. The standard InChI is InChI=1S/C26H29ClO3/c1-7-29-25(28)24(30-26(4,5)6)22-17(3)16(2)20-10-8-9-11-21(20)23(22)18-12-14-19(27)15-13-18/h8-15,24H,7H2,1-6H3. The molecule has 0 saturated heterocycles. The van der Waals surface area contributed by atoms with Crippen LogP contribution < -0.4 is 0 Å². The highest BCUT2D eigenvalue weighted by Crippen LogP contribution is 2.42. The lowest BCUT2D eigenvalue weighted by molar-refractivity contribution is -0.166. The van der Waals surface area contributed by atoms with E-state index in [1.165, 1.54) is 0 Å². The van der Waals surface area contributed by atoms with Crippen LogP contribution >= 0.6 is 11.6 Å². The van der Waals surface area contributed by atoms with Gasteiger partial charge in [0, 0.05) is 10.6 Å². The first kappa shape index (κ1) is 22.3. The zero-order valence-corrected chi connectivity index (χ0v) is 19.3. The van der Waals surface area contributed by atoms with Crippen LogP contribution in [0.15, 0.2) is 48.5 Å². The van der Waals surface area contributed by atoms with Crippen LogP contribution in [-0.2, 0) is 14.3 Å². The van der Waals surface area contributed by atoms with E-state index in [2.05, 4.69) is 26.0 Å². The molecule has 0 N–H and O–H groups in total. The molecule has 0 bridgehead atoms. The van der Waals surface area contributed by atoms with Gasteiger partial charge in [0.15, 0.2) is 6.10 Å². The van der Waals surface area contributed by atoms with Gasteiger partial charge in [0.25, 0.3) is 0 Å². The van der Waals surface area contributed by atoms with Crippen molar-refractivity contribution < 1.29 is 14.3 Å². The predicted molar refractivity (Wildman–Crippen MR) is 124 cm³/mol. The minimum atomic E-state index is -0.834. The van der Waals surface area contributed by atoms with E-state index in [9.17, 15) is 4.79 Å². The highest BCUT2D eigenvalue weighted by atomic mass is 35.5. The van der Waals surface area contributed by atoms with Crippen molar-refractivity contribution >= 4 is 28.3 Å². The maximum Gasteiger partial charge on any atom is 0.339 e. The van der Waals surface area contributed by atoms with Crippen molar-refractivity contribution in [2.24, 2.45) is 0 Å². The Morgan fingerprint density at radius 1 is 0.967 bits per heavy atom.